The number of nitrogens with zero attached hydrogens (tertiary/aromatic N) is 6. The maximum Gasteiger partial charge on any atom is 0.151 e. The monoisotopic (exact) mass is 493 g/mol. The Bertz CT molecular complexity index is 1540. The molecule has 37 heavy (non-hydrogen) atoms. The van der Waals surface area contributed by atoms with Crippen LogP contribution in [0.4, 0.5) is 5.82 Å². The van der Waals surface area contributed by atoms with Crippen LogP contribution in [-0.2, 0) is 6.54 Å². The quantitative estimate of drug-likeness (QED) is 0.345. The lowest BCUT2D eigenvalue weighted by Crippen LogP contribution is -2.41. The molecular weight excluding hydrogens is 458 g/mol. The predicted octanol–water partition coefficient (Wildman–Crippen LogP) is 5.74. The number of fused-ring (bicyclic) bond motifs is 2. The molecule has 0 radical (unpaired) electrons. The van der Waals surface area contributed by atoms with Crippen molar-refractivity contribution >= 4 is 22.2 Å². The SMILES string of the molecule is CC(C)(C)N1CCCC(c2cc(-c3ccc4cn(Cc5ccccc5)nc4c3)c3c(N)ncnn23)CC1. The molecule has 6 rings (SSSR count). The van der Waals surface area contributed by atoms with E-state index in [0.29, 0.717) is 11.7 Å². The van der Waals surface area contributed by atoms with Gasteiger partial charge in [0.25, 0.3) is 0 Å². The molecule has 7 heteroatoms. The minimum absolute atomic E-state index is 0.188. The molecule has 3 aromatic heterocycles. The third-order valence-corrected chi connectivity index (χ3v) is 7.76. The number of aromatic nitrogens is 5. The summed E-state index contributed by atoms with van der Waals surface area (Å²) in [5.41, 5.74) is 13.1. The number of hydrogen-bond acceptors (Lipinski definition) is 5. The van der Waals surface area contributed by atoms with Gasteiger partial charge in [0.05, 0.1) is 12.1 Å². The second-order valence-corrected chi connectivity index (χ2v) is 11.3. The second kappa shape index (κ2) is 9.30. The van der Waals surface area contributed by atoms with Crippen LogP contribution in [0.3, 0.4) is 0 Å². The Kier molecular flexibility index (Phi) is 5.95. The van der Waals surface area contributed by atoms with Crippen molar-refractivity contribution < 1.29 is 0 Å². The Balaban J connectivity index is 1.37. The number of nitrogens with two attached hydrogens (primary N) is 1. The van der Waals surface area contributed by atoms with Crippen molar-refractivity contribution in [1.29, 1.82) is 0 Å². The molecule has 0 spiro atoms. The Morgan fingerprint density at radius 1 is 1.00 bits per heavy atom. The first kappa shape index (κ1) is 23.7. The molecule has 1 fully saturated rings. The van der Waals surface area contributed by atoms with Gasteiger partial charge in [0.15, 0.2) is 5.82 Å². The van der Waals surface area contributed by atoms with Gasteiger partial charge in [0.2, 0.25) is 0 Å². The van der Waals surface area contributed by atoms with Crippen LogP contribution in [0, 0.1) is 0 Å². The first-order chi connectivity index (χ1) is 17.9. The summed E-state index contributed by atoms with van der Waals surface area (Å²) < 4.78 is 4.05. The summed E-state index contributed by atoms with van der Waals surface area (Å²) in [6, 6.07) is 19.2. The van der Waals surface area contributed by atoms with Crippen LogP contribution in [0.1, 0.15) is 57.2 Å². The van der Waals surface area contributed by atoms with E-state index < -0.39 is 0 Å². The zero-order valence-corrected chi connectivity index (χ0v) is 21.9. The summed E-state index contributed by atoms with van der Waals surface area (Å²) in [5.74, 6) is 0.938. The summed E-state index contributed by atoms with van der Waals surface area (Å²) in [4.78, 5) is 6.95. The van der Waals surface area contributed by atoms with Gasteiger partial charge in [-0.1, -0.05) is 42.5 Å². The van der Waals surface area contributed by atoms with Gasteiger partial charge >= 0.3 is 0 Å². The van der Waals surface area contributed by atoms with Crippen molar-refractivity contribution in [1.82, 2.24) is 29.3 Å². The van der Waals surface area contributed by atoms with Crippen LogP contribution in [0.2, 0.25) is 0 Å². The second-order valence-electron chi connectivity index (χ2n) is 11.3. The molecule has 0 amide bonds. The number of rotatable bonds is 4. The lowest BCUT2D eigenvalue weighted by molar-refractivity contribution is 0.142. The average molecular weight is 494 g/mol. The number of likely N-dealkylation sites (tertiary alicyclic amines) is 1. The van der Waals surface area contributed by atoms with Crippen molar-refractivity contribution in [3.8, 4) is 11.1 Å². The van der Waals surface area contributed by atoms with Crippen molar-refractivity contribution in [2.45, 2.75) is 58.0 Å². The lowest BCUT2D eigenvalue weighted by Gasteiger charge is -2.34. The molecule has 7 nitrogen and oxygen atoms in total. The van der Waals surface area contributed by atoms with E-state index in [-0.39, 0.29) is 5.54 Å². The maximum atomic E-state index is 6.45. The van der Waals surface area contributed by atoms with Gasteiger partial charge in [0, 0.05) is 34.3 Å². The van der Waals surface area contributed by atoms with Gasteiger partial charge in [0.1, 0.15) is 11.8 Å². The highest BCUT2D eigenvalue weighted by Crippen LogP contribution is 2.38. The highest BCUT2D eigenvalue weighted by Gasteiger charge is 2.28. The fraction of sp³-hybridized carbons (Fsp3) is 0.367. The van der Waals surface area contributed by atoms with E-state index in [4.69, 9.17) is 10.8 Å². The summed E-state index contributed by atoms with van der Waals surface area (Å²) in [5, 5.41) is 10.7. The van der Waals surface area contributed by atoms with Gasteiger partial charge in [-0.05, 0) is 76.4 Å². The minimum atomic E-state index is 0.188. The van der Waals surface area contributed by atoms with Crippen LogP contribution in [0.5, 0.6) is 0 Å². The predicted molar refractivity (Wildman–Crippen MR) is 150 cm³/mol. The molecule has 1 aliphatic heterocycles. The van der Waals surface area contributed by atoms with E-state index in [9.17, 15) is 0 Å². The smallest absolute Gasteiger partial charge is 0.151 e. The Hall–Kier alpha value is -3.71. The fourth-order valence-corrected chi connectivity index (χ4v) is 5.75. The third-order valence-electron chi connectivity index (χ3n) is 7.76. The van der Waals surface area contributed by atoms with Crippen LogP contribution < -0.4 is 5.73 Å². The standard InChI is InChI=1S/C30H35N7/c1-30(2,3)35-14-7-10-22(13-15-35)27-17-25(28-29(31)32-20-33-37(27)28)23-11-12-24-19-36(34-26(24)16-23)18-21-8-5-4-6-9-21/h4-6,8-9,11-12,16-17,19-20,22H,7,10,13-15,18H2,1-3H3,(H2,31,32,33). The van der Waals surface area contributed by atoms with E-state index in [1.165, 1.54) is 17.7 Å². The first-order valence-electron chi connectivity index (χ1n) is 13.3. The molecule has 1 unspecified atom stereocenters. The molecule has 2 aromatic carbocycles. The van der Waals surface area contributed by atoms with Crippen molar-refractivity contribution in [2.24, 2.45) is 0 Å². The van der Waals surface area contributed by atoms with Crippen molar-refractivity contribution in [3.63, 3.8) is 0 Å². The van der Waals surface area contributed by atoms with Gasteiger partial charge in [-0.2, -0.15) is 10.2 Å². The van der Waals surface area contributed by atoms with Gasteiger partial charge in [-0.25, -0.2) is 9.50 Å². The highest BCUT2D eigenvalue weighted by molar-refractivity contribution is 5.92. The molecular formula is C30H35N7. The summed E-state index contributed by atoms with van der Waals surface area (Å²) in [7, 11) is 0. The van der Waals surface area contributed by atoms with E-state index >= 15 is 0 Å². The molecule has 0 bridgehead atoms. The molecule has 190 valence electrons. The van der Waals surface area contributed by atoms with E-state index in [1.54, 1.807) is 6.33 Å². The number of anilines is 1. The Labute approximate surface area is 217 Å². The molecule has 0 saturated carbocycles. The van der Waals surface area contributed by atoms with E-state index in [1.807, 2.05) is 15.3 Å². The summed E-state index contributed by atoms with van der Waals surface area (Å²) >= 11 is 0. The molecule has 1 aliphatic rings. The minimum Gasteiger partial charge on any atom is -0.382 e. The van der Waals surface area contributed by atoms with Crippen LogP contribution in [0.25, 0.3) is 27.5 Å². The van der Waals surface area contributed by atoms with Gasteiger partial charge in [-0.3, -0.25) is 9.58 Å². The largest absolute Gasteiger partial charge is 0.382 e. The number of hydrogen-bond donors (Lipinski definition) is 1. The summed E-state index contributed by atoms with van der Waals surface area (Å²) in [6.45, 7) is 9.89. The van der Waals surface area contributed by atoms with Gasteiger partial charge in [-0.15, -0.1) is 0 Å². The molecule has 2 N–H and O–H groups in total. The molecule has 5 aromatic rings. The zero-order valence-electron chi connectivity index (χ0n) is 21.9. The Morgan fingerprint density at radius 3 is 2.65 bits per heavy atom. The van der Waals surface area contributed by atoms with Crippen LogP contribution in [0.15, 0.2) is 67.1 Å². The molecule has 1 saturated heterocycles. The third kappa shape index (κ3) is 4.60. The first-order valence-corrected chi connectivity index (χ1v) is 13.3. The molecule has 4 heterocycles. The Morgan fingerprint density at radius 2 is 1.84 bits per heavy atom. The number of benzene rings is 2. The average Bonchev–Trinajstić information content (AvgIpc) is 3.36. The zero-order chi connectivity index (χ0) is 25.6. The van der Waals surface area contributed by atoms with Crippen molar-refractivity contribution in [2.75, 3.05) is 18.8 Å². The van der Waals surface area contributed by atoms with Crippen LogP contribution in [-0.4, -0.2) is 47.9 Å². The lowest BCUT2D eigenvalue weighted by atomic mass is 9.96. The van der Waals surface area contributed by atoms with E-state index in [2.05, 4.69) is 90.5 Å². The highest BCUT2D eigenvalue weighted by atomic mass is 15.3. The summed E-state index contributed by atoms with van der Waals surface area (Å²) in [6.07, 6.45) is 7.11. The topological polar surface area (TPSA) is 77.3 Å². The number of nitrogen functional groups attached to an aromatic ring is 1. The van der Waals surface area contributed by atoms with Crippen molar-refractivity contribution in [3.05, 3.63) is 78.4 Å². The van der Waals surface area contributed by atoms with Gasteiger partial charge < -0.3 is 5.73 Å². The maximum absolute atomic E-state index is 6.45. The van der Waals surface area contributed by atoms with Crippen LogP contribution >= 0.6 is 0 Å². The molecule has 0 aliphatic carbocycles. The molecule has 1 atom stereocenters. The normalized spacial score (nSPS) is 17.4. The fourth-order valence-electron chi connectivity index (χ4n) is 5.75. The van der Waals surface area contributed by atoms with E-state index in [0.717, 1.165) is 60.0 Å².